The van der Waals surface area contributed by atoms with E-state index in [0.717, 1.165) is 17.7 Å². The van der Waals surface area contributed by atoms with Gasteiger partial charge in [0, 0.05) is 12.6 Å². The average Bonchev–Trinajstić information content (AvgIpc) is 2.83. The van der Waals surface area contributed by atoms with Gasteiger partial charge in [-0.25, -0.2) is 14.4 Å². The van der Waals surface area contributed by atoms with E-state index in [2.05, 4.69) is 10.6 Å². The third-order valence-corrected chi connectivity index (χ3v) is 5.22. The van der Waals surface area contributed by atoms with Crippen LogP contribution in [0.1, 0.15) is 49.5 Å². The molecular weight excluding hydrogens is 522 g/mol. The predicted molar refractivity (Wildman–Crippen MR) is 138 cm³/mol. The molecule has 0 aliphatic heterocycles. The molecule has 2 aromatic carbocycles. The number of hydrogen-bond donors (Lipinski definition) is 3. The molecule has 2 aromatic rings. The molecule has 2 rings (SSSR count). The number of halogens is 1. The van der Waals surface area contributed by atoms with E-state index in [4.69, 9.17) is 25.8 Å². The summed E-state index contributed by atoms with van der Waals surface area (Å²) in [5, 5.41) is 25.4. The first kappa shape index (κ1) is 30.2. The largest absolute Gasteiger partial charge is 0.490 e. The number of rotatable bonds is 12. The molecule has 38 heavy (non-hydrogen) atoms. The van der Waals surface area contributed by atoms with Crippen LogP contribution in [0.2, 0.25) is 5.02 Å². The lowest BCUT2D eigenvalue weighted by molar-refractivity contribution is -0.384. The third kappa shape index (κ3) is 10.5. The number of nitro benzene ring substituents is 1. The first-order valence-electron chi connectivity index (χ1n) is 11.6. The Balaban J connectivity index is 2.00. The highest BCUT2D eigenvalue weighted by Crippen LogP contribution is 2.35. The number of alkyl carbamates (subject to hydrolysis) is 2. The molecule has 0 aromatic heterocycles. The fourth-order valence-electron chi connectivity index (χ4n) is 3.12. The second-order valence-corrected chi connectivity index (χ2v) is 9.53. The number of carbonyl (C=O) groups excluding carboxylic acids is 2. The van der Waals surface area contributed by atoms with Crippen LogP contribution >= 0.6 is 11.6 Å². The van der Waals surface area contributed by atoms with E-state index in [-0.39, 0.29) is 36.1 Å². The molecule has 206 valence electrons. The second kappa shape index (κ2) is 14.0. The highest BCUT2D eigenvalue weighted by molar-refractivity contribution is 6.34. The summed E-state index contributed by atoms with van der Waals surface area (Å²) in [7, 11) is 0. The maximum Gasteiger partial charge on any atom is 0.407 e. The molecule has 0 fully saturated rings. The van der Waals surface area contributed by atoms with Gasteiger partial charge in [0.05, 0.1) is 16.5 Å². The van der Waals surface area contributed by atoms with Crippen molar-refractivity contribution in [2.45, 2.75) is 51.9 Å². The Kier molecular flexibility index (Phi) is 11.1. The summed E-state index contributed by atoms with van der Waals surface area (Å²) in [5.41, 5.74) is -0.936. The van der Waals surface area contributed by atoms with Gasteiger partial charge in [0.25, 0.3) is 5.69 Å². The summed E-state index contributed by atoms with van der Waals surface area (Å²) in [5.74, 6) is -1.62. The molecule has 0 spiro atoms. The van der Waals surface area contributed by atoms with E-state index in [0.29, 0.717) is 12.8 Å². The minimum Gasteiger partial charge on any atom is -0.490 e. The summed E-state index contributed by atoms with van der Waals surface area (Å²) in [6, 6.07) is 10.4. The average molecular weight is 552 g/mol. The Hall–Kier alpha value is -4.06. The summed E-state index contributed by atoms with van der Waals surface area (Å²) in [6.07, 6.45) is -0.631. The van der Waals surface area contributed by atoms with Gasteiger partial charge in [-0.15, -0.1) is 0 Å². The van der Waals surface area contributed by atoms with Crippen molar-refractivity contribution in [1.82, 2.24) is 10.6 Å². The van der Waals surface area contributed by atoms with Crippen molar-refractivity contribution in [3.05, 3.63) is 68.7 Å². The van der Waals surface area contributed by atoms with E-state index in [1.807, 2.05) is 30.3 Å². The highest BCUT2D eigenvalue weighted by Gasteiger charge is 2.24. The van der Waals surface area contributed by atoms with Crippen molar-refractivity contribution >= 4 is 35.4 Å². The van der Waals surface area contributed by atoms with Crippen molar-refractivity contribution in [2.24, 2.45) is 0 Å². The summed E-state index contributed by atoms with van der Waals surface area (Å²) < 4.78 is 16.0. The molecule has 0 bridgehead atoms. The van der Waals surface area contributed by atoms with Crippen LogP contribution in [0.5, 0.6) is 5.75 Å². The molecule has 1 unspecified atom stereocenters. The van der Waals surface area contributed by atoms with E-state index < -0.39 is 40.4 Å². The maximum absolute atomic E-state index is 12.3. The number of ether oxygens (including phenoxy) is 3. The fraction of sp³-hybridized carbons (Fsp3) is 0.400. The van der Waals surface area contributed by atoms with Crippen LogP contribution in [0.15, 0.2) is 42.5 Å². The number of nitro groups is 1. The van der Waals surface area contributed by atoms with E-state index in [9.17, 15) is 29.6 Å². The zero-order valence-electron chi connectivity index (χ0n) is 21.2. The Bertz CT molecular complexity index is 1140. The fourth-order valence-corrected chi connectivity index (χ4v) is 3.35. The molecule has 1 atom stereocenters. The van der Waals surface area contributed by atoms with Crippen molar-refractivity contribution in [2.75, 3.05) is 13.2 Å². The molecule has 2 amide bonds. The van der Waals surface area contributed by atoms with E-state index in [1.54, 1.807) is 20.8 Å². The van der Waals surface area contributed by atoms with Crippen LogP contribution in [0.3, 0.4) is 0 Å². The van der Waals surface area contributed by atoms with Gasteiger partial charge in [0.15, 0.2) is 5.02 Å². The van der Waals surface area contributed by atoms with Gasteiger partial charge in [0.1, 0.15) is 24.6 Å². The van der Waals surface area contributed by atoms with Crippen LogP contribution < -0.4 is 15.4 Å². The van der Waals surface area contributed by atoms with Gasteiger partial charge in [-0.1, -0.05) is 41.9 Å². The van der Waals surface area contributed by atoms with Gasteiger partial charge in [-0.2, -0.15) is 0 Å². The van der Waals surface area contributed by atoms with Gasteiger partial charge in [-0.05, 0) is 45.2 Å². The van der Waals surface area contributed by atoms with Gasteiger partial charge >= 0.3 is 18.2 Å². The minimum atomic E-state index is -1.40. The van der Waals surface area contributed by atoms with Crippen LogP contribution in [0, 0.1) is 10.1 Å². The van der Waals surface area contributed by atoms with Gasteiger partial charge in [0.2, 0.25) is 0 Å². The van der Waals surface area contributed by atoms with E-state index in [1.165, 1.54) is 0 Å². The van der Waals surface area contributed by atoms with Crippen molar-refractivity contribution in [3.8, 4) is 5.75 Å². The molecule has 0 radical (unpaired) electrons. The van der Waals surface area contributed by atoms with Crippen LogP contribution in [0.25, 0.3) is 0 Å². The van der Waals surface area contributed by atoms with Crippen molar-refractivity contribution in [3.63, 3.8) is 0 Å². The molecular formula is C25H30ClN3O9. The number of nitrogens with zero attached hydrogens (tertiary/aromatic N) is 1. The zero-order valence-corrected chi connectivity index (χ0v) is 21.9. The number of benzene rings is 2. The number of amides is 2. The number of hydrogen-bond acceptors (Lipinski definition) is 8. The van der Waals surface area contributed by atoms with Crippen LogP contribution in [-0.2, 0) is 16.1 Å². The Morgan fingerprint density at radius 3 is 2.42 bits per heavy atom. The quantitative estimate of drug-likeness (QED) is 0.188. The molecule has 13 heteroatoms. The molecule has 0 saturated heterocycles. The minimum absolute atomic E-state index is 0.117. The Morgan fingerprint density at radius 2 is 1.82 bits per heavy atom. The smallest absolute Gasteiger partial charge is 0.407 e. The number of carboxylic acid groups (broad SMARTS) is 1. The van der Waals surface area contributed by atoms with Gasteiger partial charge in [-0.3, -0.25) is 10.1 Å². The molecule has 0 heterocycles. The number of nitrogens with one attached hydrogen (secondary N) is 2. The summed E-state index contributed by atoms with van der Waals surface area (Å²) in [4.78, 5) is 46.1. The van der Waals surface area contributed by atoms with Gasteiger partial charge < -0.3 is 30.0 Å². The second-order valence-electron chi connectivity index (χ2n) is 9.15. The topological polar surface area (TPSA) is 166 Å². The predicted octanol–water partition coefficient (Wildman–Crippen LogP) is 4.93. The lowest BCUT2D eigenvalue weighted by Crippen LogP contribution is -2.42. The number of aromatic carboxylic acids is 1. The summed E-state index contributed by atoms with van der Waals surface area (Å²) in [6.45, 7) is 5.21. The number of carbonyl (C=O) groups is 3. The zero-order chi connectivity index (χ0) is 28.3. The molecule has 0 aliphatic carbocycles. The van der Waals surface area contributed by atoms with Crippen LogP contribution in [-0.4, -0.2) is 53.0 Å². The normalized spacial score (nSPS) is 11.7. The lowest BCUT2D eigenvalue weighted by atomic mass is 10.1. The molecule has 3 N–H and O–H groups in total. The third-order valence-electron chi connectivity index (χ3n) is 4.84. The number of carboxylic acids is 1. The SMILES string of the molecule is CC(C)(C)OC(=O)NC(CCCNC(=O)OCc1ccccc1)COc1cc(C(=O)O)cc([N+](=O)[O-])c1Cl. The maximum atomic E-state index is 12.3. The molecule has 0 saturated carbocycles. The Morgan fingerprint density at radius 1 is 1.13 bits per heavy atom. The first-order valence-corrected chi connectivity index (χ1v) is 12.0. The van der Waals surface area contributed by atoms with E-state index >= 15 is 0 Å². The monoisotopic (exact) mass is 551 g/mol. The van der Waals surface area contributed by atoms with Crippen molar-refractivity contribution in [1.29, 1.82) is 0 Å². The highest BCUT2D eigenvalue weighted by atomic mass is 35.5. The Labute approximate surface area is 224 Å². The standard InChI is InChI=1S/C25H30ClN3O9/c1-25(2,3)38-24(33)28-18(10-7-11-27-23(32)37-14-16-8-5-4-6-9-16)15-36-20-13-17(22(30)31)12-19(21(20)26)29(34)35/h4-6,8-9,12-13,18H,7,10-11,14-15H2,1-3H3,(H,27,32)(H,28,33)(H,30,31). The molecule has 12 nitrogen and oxygen atoms in total. The molecule has 0 aliphatic rings. The first-order chi connectivity index (χ1) is 17.9. The lowest BCUT2D eigenvalue weighted by Gasteiger charge is -2.24. The van der Waals surface area contributed by atoms with Crippen LogP contribution in [0.4, 0.5) is 15.3 Å². The van der Waals surface area contributed by atoms with Crippen molar-refractivity contribution < 1.29 is 38.6 Å². The summed E-state index contributed by atoms with van der Waals surface area (Å²) >= 11 is 6.06.